The molecule has 0 saturated carbocycles. The van der Waals surface area contributed by atoms with E-state index in [-0.39, 0.29) is 0 Å². The van der Waals surface area contributed by atoms with Gasteiger partial charge in [-0.1, -0.05) is 105 Å². The summed E-state index contributed by atoms with van der Waals surface area (Å²) in [6, 6.07) is 43.0. The summed E-state index contributed by atoms with van der Waals surface area (Å²) < 4.78 is 0. The van der Waals surface area contributed by atoms with Crippen LogP contribution in [-0.2, 0) is 0 Å². The number of para-hydroxylation sites is 4. The highest BCUT2D eigenvalue weighted by molar-refractivity contribution is 5.63. The second kappa shape index (κ2) is 14.0. The molecule has 4 aromatic carbocycles. The molecular formula is C33H38N2. The van der Waals surface area contributed by atoms with Gasteiger partial charge in [0, 0.05) is 35.8 Å². The van der Waals surface area contributed by atoms with E-state index in [1.807, 2.05) is 0 Å². The van der Waals surface area contributed by atoms with Crippen molar-refractivity contribution >= 4 is 22.7 Å². The molecule has 180 valence electrons. The Morgan fingerprint density at radius 1 is 0.286 bits per heavy atom. The van der Waals surface area contributed by atoms with Gasteiger partial charge in [0.2, 0.25) is 0 Å². The zero-order valence-electron chi connectivity index (χ0n) is 20.8. The van der Waals surface area contributed by atoms with E-state index in [9.17, 15) is 0 Å². The summed E-state index contributed by atoms with van der Waals surface area (Å²) >= 11 is 0. The highest BCUT2D eigenvalue weighted by atomic mass is 15.1. The molecule has 0 aliphatic rings. The normalized spacial score (nSPS) is 10.7. The Hall–Kier alpha value is -3.52. The van der Waals surface area contributed by atoms with Gasteiger partial charge in [0.15, 0.2) is 0 Å². The molecule has 0 radical (unpaired) electrons. The van der Waals surface area contributed by atoms with Gasteiger partial charge in [-0.15, -0.1) is 0 Å². The van der Waals surface area contributed by atoms with Gasteiger partial charge in [-0.2, -0.15) is 0 Å². The zero-order valence-corrected chi connectivity index (χ0v) is 20.8. The topological polar surface area (TPSA) is 6.48 Å². The van der Waals surface area contributed by atoms with Crippen LogP contribution in [-0.4, -0.2) is 13.1 Å². The SMILES string of the molecule is c1ccc(N(CCCCCCCCCN(c2ccccc2)c2ccccc2)c2ccccc2)cc1. The molecule has 35 heavy (non-hydrogen) atoms. The second-order valence-electron chi connectivity index (χ2n) is 9.12. The van der Waals surface area contributed by atoms with E-state index in [1.54, 1.807) is 0 Å². The minimum atomic E-state index is 1.07. The van der Waals surface area contributed by atoms with Gasteiger partial charge in [0.25, 0.3) is 0 Å². The van der Waals surface area contributed by atoms with Crippen molar-refractivity contribution in [3.63, 3.8) is 0 Å². The predicted octanol–water partition coefficient (Wildman–Crippen LogP) is 9.39. The third-order valence-electron chi connectivity index (χ3n) is 6.53. The molecule has 0 aliphatic carbocycles. The summed E-state index contributed by atoms with van der Waals surface area (Å²) in [5.41, 5.74) is 5.11. The van der Waals surface area contributed by atoms with E-state index in [0.29, 0.717) is 0 Å². The van der Waals surface area contributed by atoms with Gasteiger partial charge in [-0.05, 0) is 61.4 Å². The van der Waals surface area contributed by atoms with E-state index in [2.05, 4.69) is 131 Å². The van der Waals surface area contributed by atoms with Crippen molar-refractivity contribution in [3.05, 3.63) is 121 Å². The molecule has 0 saturated heterocycles. The van der Waals surface area contributed by atoms with Crippen molar-refractivity contribution in [2.45, 2.75) is 44.9 Å². The van der Waals surface area contributed by atoms with Crippen LogP contribution in [0, 0.1) is 0 Å². The molecule has 0 fully saturated rings. The van der Waals surface area contributed by atoms with Crippen molar-refractivity contribution in [1.29, 1.82) is 0 Å². The first-order valence-electron chi connectivity index (χ1n) is 13.2. The minimum absolute atomic E-state index is 1.07. The number of anilines is 4. The van der Waals surface area contributed by atoms with Gasteiger partial charge < -0.3 is 9.80 Å². The van der Waals surface area contributed by atoms with Crippen LogP contribution in [0.4, 0.5) is 22.7 Å². The van der Waals surface area contributed by atoms with E-state index >= 15 is 0 Å². The summed E-state index contributed by atoms with van der Waals surface area (Å²) in [6.07, 6.45) is 8.98. The van der Waals surface area contributed by atoms with Crippen molar-refractivity contribution in [2.75, 3.05) is 22.9 Å². The Morgan fingerprint density at radius 3 is 0.771 bits per heavy atom. The molecule has 0 atom stereocenters. The lowest BCUT2D eigenvalue weighted by Gasteiger charge is -2.25. The van der Waals surface area contributed by atoms with Gasteiger partial charge in [0.05, 0.1) is 0 Å². The Bertz CT molecular complexity index is 897. The maximum Gasteiger partial charge on any atom is 0.0410 e. The van der Waals surface area contributed by atoms with Crippen molar-refractivity contribution in [2.24, 2.45) is 0 Å². The van der Waals surface area contributed by atoms with Crippen LogP contribution >= 0.6 is 0 Å². The quantitative estimate of drug-likeness (QED) is 0.172. The van der Waals surface area contributed by atoms with Crippen LogP contribution in [0.15, 0.2) is 121 Å². The predicted molar refractivity (Wildman–Crippen MR) is 152 cm³/mol. The van der Waals surface area contributed by atoms with Crippen molar-refractivity contribution in [3.8, 4) is 0 Å². The fraction of sp³-hybridized carbons (Fsp3) is 0.273. The third kappa shape index (κ3) is 7.75. The molecular weight excluding hydrogens is 424 g/mol. The first-order chi connectivity index (χ1) is 17.4. The lowest BCUT2D eigenvalue weighted by atomic mass is 10.1. The summed E-state index contributed by atoms with van der Waals surface area (Å²) in [5, 5.41) is 0. The van der Waals surface area contributed by atoms with E-state index < -0.39 is 0 Å². The number of nitrogens with zero attached hydrogens (tertiary/aromatic N) is 2. The Morgan fingerprint density at radius 2 is 0.514 bits per heavy atom. The molecule has 2 nitrogen and oxygen atoms in total. The maximum absolute atomic E-state index is 2.45. The van der Waals surface area contributed by atoms with Gasteiger partial charge in [0.1, 0.15) is 0 Å². The van der Waals surface area contributed by atoms with E-state index in [4.69, 9.17) is 0 Å². The van der Waals surface area contributed by atoms with Crippen LogP contribution in [0.1, 0.15) is 44.9 Å². The lowest BCUT2D eigenvalue weighted by molar-refractivity contribution is 0.582. The van der Waals surface area contributed by atoms with Crippen LogP contribution in [0.25, 0.3) is 0 Å². The van der Waals surface area contributed by atoms with Crippen LogP contribution < -0.4 is 9.80 Å². The van der Waals surface area contributed by atoms with Crippen LogP contribution in [0.5, 0.6) is 0 Å². The highest BCUT2D eigenvalue weighted by Crippen LogP contribution is 2.27. The molecule has 4 rings (SSSR count). The largest absolute Gasteiger partial charge is 0.341 e. The fourth-order valence-corrected chi connectivity index (χ4v) is 4.67. The Balaban J connectivity index is 1.16. The van der Waals surface area contributed by atoms with Gasteiger partial charge in [-0.25, -0.2) is 0 Å². The zero-order chi connectivity index (χ0) is 24.0. The number of rotatable bonds is 14. The molecule has 0 bridgehead atoms. The van der Waals surface area contributed by atoms with Crippen LogP contribution in [0.2, 0.25) is 0 Å². The summed E-state index contributed by atoms with van der Waals surface area (Å²) in [5.74, 6) is 0. The highest BCUT2D eigenvalue weighted by Gasteiger charge is 2.09. The average Bonchev–Trinajstić information content (AvgIpc) is 2.94. The molecule has 0 N–H and O–H groups in total. The maximum atomic E-state index is 2.45. The smallest absolute Gasteiger partial charge is 0.0410 e. The van der Waals surface area contributed by atoms with Gasteiger partial charge in [-0.3, -0.25) is 0 Å². The standard InChI is InChI=1S/C33H38N2/c1(2-4-18-28-34(30-20-10-6-11-21-30)31-22-12-7-13-23-31)3-5-19-29-35(32-24-14-8-15-25-32)33-26-16-9-17-27-33/h6-17,20-27H,1-5,18-19,28-29H2. The first-order valence-corrected chi connectivity index (χ1v) is 13.2. The number of hydrogen-bond acceptors (Lipinski definition) is 2. The van der Waals surface area contributed by atoms with Crippen molar-refractivity contribution < 1.29 is 0 Å². The van der Waals surface area contributed by atoms with Gasteiger partial charge >= 0.3 is 0 Å². The first kappa shape index (κ1) is 24.6. The molecule has 0 heterocycles. The summed E-state index contributed by atoms with van der Waals surface area (Å²) in [6.45, 7) is 2.13. The molecule has 0 aromatic heterocycles. The Labute approximate surface area is 211 Å². The summed E-state index contributed by atoms with van der Waals surface area (Å²) in [4.78, 5) is 4.89. The summed E-state index contributed by atoms with van der Waals surface area (Å²) in [7, 11) is 0. The average molecular weight is 463 g/mol. The fourth-order valence-electron chi connectivity index (χ4n) is 4.67. The van der Waals surface area contributed by atoms with Crippen LogP contribution in [0.3, 0.4) is 0 Å². The molecule has 0 spiro atoms. The number of hydrogen-bond donors (Lipinski definition) is 0. The molecule has 0 amide bonds. The third-order valence-corrected chi connectivity index (χ3v) is 6.53. The molecule has 4 aromatic rings. The molecule has 0 unspecified atom stereocenters. The second-order valence-corrected chi connectivity index (χ2v) is 9.12. The number of benzene rings is 4. The molecule has 0 aliphatic heterocycles. The monoisotopic (exact) mass is 462 g/mol. The Kier molecular flexibility index (Phi) is 9.85. The minimum Gasteiger partial charge on any atom is -0.341 e. The number of unbranched alkanes of at least 4 members (excludes halogenated alkanes) is 6. The van der Waals surface area contributed by atoms with Crippen molar-refractivity contribution in [1.82, 2.24) is 0 Å². The lowest BCUT2D eigenvalue weighted by Crippen LogP contribution is -2.18. The van der Waals surface area contributed by atoms with E-state index in [1.165, 1.54) is 67.7 Å². The van der Waals surface area contributed by atoms with E-state index in [0.717, 1.165) is 13.1 Å². The molecule has 2 heteroatoms.